The van der Waals surface area contributed by atoms with E-state index in [1.165, 1.54) is 0 Å². The zero-order valence-electron chi connectivity index (χ0n) is 19.6. The van der Waals surface area contributed by atoms with Crippen molar-refractivity contribution in [2.75, 3.05) is 19.4 Å². The second-order valence-corrected chi connectivity index (χ2v) is 9.51. The highest BCUT2D eigenvalue weighted by Gasteiger charge is 2.47. The van der Waals surface area contributed by atoms with Gasteiger partial charge in [0.25, 0.3) is 6.43 Å². The van der Waals surface area contributed by atoms with E-state index in [4.69, 9.17) is 0 Å². The van der Waals surface area contributed by atoms with Gasteiger partial charge in [0.2, 0.25) is 11.9 Å². The van der Waals surface area contributed by atoms with Gasteiger partial charge in [0.05, 0.1) is 34.7 Å². The number of hydrogen-bond donors (Lipinski definition) is 1. The van der Waals surface area contributed by atoms with Crippen LogP contribution in [0.2, 0.25) is 0 Å². The van der Waals surface area contributed by atoms with Crippen LogP contribution in [0.25, 0.3) is 27.7 Å². The number of fused-ring (bicyclic) bond motifs is 2. The van der Waals surface area contributed by atoms with Gasteiger partial charge >= 0.3 is 0 Å². The normalized spacial score (nSPS) is 20.1. The number of halogens is 2. The first-order valence-corrected chi connectivity index (χ1v) is 11.2. The number of benzene rings is 1. The van der Waals surface area contributed by atoms with Crippen LogP contribution in [0.3, 0.4) is 0 Å². The van der Waals surface area contributed by atoms with Crippen molar-refractivity contribution in [1.82, 2.24) is 29.0 Å². The molecule has 1 aliphatic rings. The smallest absolute Gasteiger partial charge is 0.256 e. The highest BCUT2D eigenvalue weighted by atomic mass is 19.3. The van der Waals surface area contributed by atoms with Crippen LogP contribution in [0, 0.1) is 12.3 Å². The van der Waals surface area contributed by atoms with E-state index in [0.717, 1.165) is 29.5 Å². The molecule has 5 rings (SSSR count). The molecule has 3 heterocycles. The van der Waals surface area contributed by atoms with Crippen LogP contribution in [0.15, 0.2) is 36.7 Å². The Labute approximate surface area is 195 Å². The maximum Gasteiger partial charge on any atom is 0.256 e. The predicted molar refractivity (Wildman–Crippen MR) is 126 cm³/mol. The lowest BCUT2D eigenvalue weighted by Crippen LogP contribution is -2.52. The molecule has 34 heavy (non-hydrogen) atoms. The van der Waals surface area contributed by atoms with E-state index in [0.29, 0.717) is 22.8 Å². The van der Waals surface area contributed by atoms with Crippen LogP contribution in [-0.2, 0) is 11.3 Å². The van der Waals surface area contributed by atoms with Crippen molar-refractivity contribution in [2.24, 2.45) is 5.41 Å². The molecule has 0 bridgehead atoms. The SMILES string of the molecule is Cc1nc2ccc(-c3ccn4nc(N[C@H]5C[C@](C)(C(=O)N(C)C)C5)ncc34)cc2n1CC(F)F. The van der Waals surface area contributed by atoms with Crippen molar-refractivity contribution < 1.29 is 13.6 Å². The van der Waals surface area contributed by atoms with Crippen molar-refractivity contribution >= 4 is 28.4 Å². The molecule has 1 amide bonds. The lowest BCUT2D eigenvalue weighted by molar-refractivity contribution is -0.143. The first-order valence-electron chi connectivity index (χ1n) is 11.2. The number of nitrogens with zero attached hydrogens (tertiary/aromatic N) is 6. The Hall–Kier alpha value is -3.56. The average Bonchev–Trinajstić information content (AvgIpc) is 3.31. The molecule has 1 saturated carbocycles. The number of nitrogens with one attached hydrogen (secondary N) is 1. The van der Waals surface area contributed by atoms with Gasteiger partial charge in [-0.15, -0.1) is 5.10 Å². The van der Waals surface area contributed by atoms with Crippen molar-refractivity contribution in [3.63, 3.8) is 0 Å². The summed E-state index contributed by atoms with van der Waals surface area (Å²) in [7, 11) is 3.56. The molecule has 3 aromatic heterocycles. The molecule has 0 spiro atoms. The topological polar surface area (TPSA) is 80.3 Å². The summed E-state index contributed by atoms with van der Waals surface area (Å²) >= 11 is 0. The van der Waals surface area contributed by atoms with Gasteiger partial charge < -0.3 is 14.8 Å². The minimum absolute atomic E-state index is 0.138. The highest BCUT2D eigenvalue weighted by molar-refractivity contribution is 5.88. The molecule has 1 fully saturated rings. The molecule has 0 atom stereocenters. The summed E-state index contributed by atoms with van der Waals surface area (Å²) in [5.74, 6) is 1.20. The monoisotopic (exact) mass is 467 g/mol. The number of rotatable bonds is 6. The third kappa shape index (κ3) is 3.76. The maximum atomic E-state index is 13.1. The standard InChI is InChI=1S/C24H27F2N7O/c1-14-28-18-6-5-15(9-19(18)32(14)13-21(25)26)17-7-8-33-20(17)12-27-23(30-33)29-16-10-24(2,11-16)22(34)31(3)4/h5-9,12,16,21H,10-11,13H2,1-4H3,(H,29,30)/t16-,24-. The molecular weight excluding hydrogens is 440 g/mol. The van der Waals surface area contributed by atoms with Gasteiger partial charge in [0, 0.05) is 31.9 Å². The van der Waals surface area contributed by atoms with E-state index >= 15 is 0 Å². The predicted octanol–water partition coefficient (Wildman–Crippen LogP) is 3.99. The molecule has 0 radical (unpaired) electrons. The van der Waals surface area contributed by atoms with Gasteiger partial charge in [-0.25, -0.2) is 23.3 Å². The number of imidazole rings is 1. The Morgan fingerprint density at radius 3 is 2.74 bits per heavy atom. The van der Waals surface area contributed by atoms with Crippen LogP contribution in [0.4, 0.5) is 14.7 Å². The summed E-state index contributed by atoms with van der Waals surface area (Å²) in [6, 6.07) is 7.74. The molecule has 0 aliphatic heterocycles. The number of aryl methyl sites for hydroxylation is 1. The highest BCUT2D eigenvalue weighted by Crippen LogP contribution is 2.43. The van der Waals surface area contributed by atoms with Crippen LogP contribution in [0.1, 0.15) is 25.6 Å². The summed E-state index contributed by atoms with van der Waals surface area (Å²) in [6.07, 6.45) is 2.61. The van der Waals surface area contributed by atoms with Gasteiger partial charge in [-0.05, 0) is 43.5 Å². The quantitative estimate of drug-likeness (QED) is 0.464. The van der Waals surface area contributed by atoms with Crippen molar-refractivity contribution in [1.29, 1.82) is 0 Å². The molecular formula is C24H27F2N7O. The summed E-state index contributed by atoms with van der Waals surface area (Å²) in [5, 5.41) is 7.90. The molecule has 178 valence electrons. The number of carbonyl (C=O) groups excluding carboxylic acids is 1. The van der Waals surface area contributed by atoms with Gasteiger partial charge in [-0.3, -0.25) is 4.79 Å². The molecule has 1 aliphatic carbocycles. The van der Waals surface area contributed by atoms with Crippen molar-refractivity contribution in [3.05, 3.63) is 42.5 Å². The van der Waals surface area contributed by atoms with Crippen LogP contribution < -0.4 is 5.32 Å². The largest absolute Gasteiger partial charge is 0.350 e. The number of hydrogen-bond acceptors (Lipinski definition) is 5. The minimum Gasteiger partial charge on any atom is -0.350 e. The van der Waals surface area contributed by atoms with E-state index in [-0.39, 0.29) is 23.9 Å². The lowest BCUT2D eigenvalue weighted by Gasteiger charge is -2.45. The molecule has 1 N–H and O–H groups in total. The summed E-state index contributed by atoms with van der Waals surface area (Å²) < 4.78 is 29.4. The first kappa shape index (κ1) is 22.2. The van der Waals surface area contributed by atoms with Crippen molar-refractivity contribution in [2.45, 2.75) is 45.7 Å². The van der Waals surface area contributed by atoms with Gasteiger partial charge in [0.1, 0.15) is 5.82 Å². The number of amides is 1. The Morgan fingerprint density at radius 2 is 2.03 bits per heavy atom. The Morgan fingerprint density at radius 1 is 1.26 bits per heavy atom. The molecule has 1 aromatic carbocycles. The third-order valence-electron chi connectivity index (χ3n) is 6.64. The Bertz CT molecular complexity index is 1390. The fraction of sp³-hybridized carbons (Fsp3) is 0.417. The number of anilines is 1. The molecule has 0 saturated heterocycles. The van der Waals surface area contributed by atoms with Gasteiger partial charge in [0.15, 0.2) is 0 Å². The van der Waals surface area contributed by atoms with Crippen LogP contribution in [0.5, 0.6) is 0 Å². The number of aromatic nitrogens is 5. The molecule has 8 nitrogen and oxygen atoms in total. The average molecular weight is 468 g/mol. The Kier molecular flexibility index (Phi) is 5.26. The summed E-state index contributed by atoms with van der Waals surface area (Å²) in [5.41, 5.74) is 3.61. The van der Waals surface area contributed by atoms with E-state index in [1.807, 2.05) is 37.4 Å². The molecule has 10 heteroatoms. The van der Waals surface area contributed by atoms with E-state index in [1.54, 1.807) is 41.2 Å². The fourth-order valence-electron chi connectivity index (χ4n) is 5.02. The second kappa shape index (κ2) is 8.03. The van der Waals surface area contributed by atoms with Crippen LogP contribution in [-0.4, -0.2) is 61.5 Å². The van der Waals surface area contributed by atoms with E-state index < -0.39 is 6.43 Å². The minimum atomic E-state index is -2.45. The maximum absolute atomic E-state index is 13.1. The van der Waals surface area contributed by atoms with Crippen molar-refractivity contribution in [3.8, 4) is 11.1 Å². The van der Waals surface area contributed by atoms with Gasteiger partial charge in [-0.1, -0.05) is 13.0 Å². The lowest BCUT2D eigenvalue weighted by atomic mass is 9.66. The van der Waals surface area contributed by atoms with E-state index in [9.17, 15) is 13.6 Å². The number of alkyl halides is 2. The van der Waals surface area contributed by atoms with E-state index in [2.05, 4.69) is 20.4 Å². The zero-order valence-corrected chi connectivity index (χ0v) is 19.6. The fourth-order valence-corrected chi connectivity index (χ4v) is 5.02. The summed E-state index contributed by atoms with van der Waals surface area (Å²) in [4.78, 5) is 22.9. The summed E-state index contributed by atoms with van der Waals surface area (Å²) in [6.45, 7) is 3.33. The van der Waals surface area contributed by atoms with Crippen LogP contribution >= 0.6 is 0 Å². The first-order chi connectivity index (χ1) is 16.1. The number of carbonyl (C=O) groups is 1. The third-order valence-corrected chi connectivity index (χ3v) is 6.64. The van der Waals surface area contributed by atoms with Gasteiger partial charge in [-0.2, -0.15) is 0 Å². The second-order valence-electron chi connectivity index (χ2n) is 9.51. The Balaban J connectivity index is 1.38. The molecule has 4 aromatic rings. The molecule has 0 unspecified atom stereocenters. The zero-order chi connectivity index (χ0) is 24.2.